The van der Waals surface area contributed by atoms with Gasteiger partial charge >= 0.3 is 12.6 Å². The largest absolute Gasteiger partial charge is 0.489 e. The van der Waals surface area contributed by atoms with Crippen LogP contribution in [0.15, 0.2) is 67.1 Å². The zero-order valence-corrected chi connectivity index (χ0v) is 30.6. The lowest BCUT2D eigenvalue weighted by molar-refractivity contribution is -0.149. The fourth-order valence-electron chi connectivity index (χ4n) is 5.69. The Morgan fingerprint density at radius 1 is 1.02 bits per heavy atom. The summed E-state index contributed by atoms with van der Waals surface area (Å²) in [4.78, 5) is 49.5. The van der Waals surface area contributed by atoms with Crippen LogP contribution in [0.2, 0.25) is 10.0 Å². The Kier molecular flexibility index (Phi) is 11.2. The van der Waals surface area contributed by atoms with Gasteiger partial charge in [-0.1, -0.05) is 35.3 Å². The second-order valence-electron chi connectivity index (χ2n) is 12.6. The number of carbonyl (C=O) groups excluding carboxylic acids is 3. The van der Waals surface area contributed by atoms with Gasteiger partial charge in [-0.3, -0.25) is 33.6 Å². The zero-order valence-electron chi connectivity index (χ0n) is 28.3. The van der Waals surface area contributed by atoms with E-state index in [0.717, 1.165) is 29.0 Å². The van der Waals surface area contributed by atoms with Crippen LogP contribution < -0.4 is 13.8 Å². The third-order valence-corrected chi connectivity index (χ3v) is 10.5. The molecule has 6 rings (SSSR count). The predicted octanol–water partition coefficient (Wildman–Crippen LogP) is 6.57. The lowest BCUT2D eigenvalue weighted by Crippen LogP contribution is -2.36. The third-order valence-electron chi connectivity index (χ3n) is 8.68. The molecular formula is C36H32Cl2F2N4O8S. The summed E-state index contributed by atoms with van der Waals surface area (Å²) in [6, 6.07) is 11.6. The van der Waals surface area contributed by atoms with E-state index in [2.05, 4.69) is 14.7 Å². The Bertz CT molecular complexity index is 2170. The fourth-order valence-corrected chi connectivity index (χ4v) is 7.06. The summed E-state index contributed by atoms with van der Waals surface area (Å²) in [6.45, 7) is -2.01. The molecule has 0 N–H and O–H groups in total. The summed E-state index contributed by atoms with van der Waals surface area (Å²) in [5.74, 6) is -2.57. The Hall–Kier alpha value is -4.86. The molecule has 278 valence electrons. The molecule has 2 aromatic heterocycles. The highest BCUT2D eigenvalue weighted by Gasteiger charge is 2.38. The van der Waals surface area contributed by atoms with E-state index in [9.17, 15) is 31.6 Å². The van der Waals surface area contributed by atoms with Crippen molar-refractivity contribution in [3.05, 3.63) is 111 Å². The number of amides is 2. The number of aromatic nitrogens is 2. The second-order valence-corrected chi connectivity index (χ2v) is 15.3. The van der Waals surface area contributed by atoms with Crippen molar-refractivity contribution in [2.24, 2.45) is 5.92 Å². The molecule has 1 atom stereocenters. The number of pyridine rings is 2. The number of rotatable bonds is 15. The predicted molar refractivity (Wildman–Crippen MR) is 190 cm³/mol. The number of alkyl halides is 2. The minimum absolute atomic E-state index is 0.000155. The maximum Gasteiger partial charge on any atom is 0.387 e. The maximum absolute atomic E-state index is 13.6. The highest BCUT2D eigenvalue weighted by molar-refractivity contribution is 7.92. The first kappa shape index (κ1) is 37.9. The molecule has 1 aliphatic heterocycles. The van der Waals surface area contributed by atoms with Gasteiger partial charge in [-0.15, -0.1) is 0 Å². The van der Waals surface area contributed by atoms with Crippen molar-refractivity contribution in [1.29, 1.82) is 0 Å². The molecule has 12 nitrogen and oxygen atoms in total. The van der Waals surface area contributed by atoms with Gasteiger partial charge in [0.25, 0.3) is 11.8 Å². The van der Waals surface area contributed by atoms with Crippen LogP contribution in [-0.2, 0) is 32.5 Å². The van der Waals surface area contributed by atoms with Gasteiger partial charge in [-0.2, -0.15) is 8.78 Å². The van der Waals surface area contributed by atoms with E-state index in [4.69, 9.17) is 32.7 Å². The van der Waals surface area contributed by atoms with Crippen LogP contribution in [0.4, 0.5) is 14.5 Å². The quantitative estimate of drug-likeness (QED) is 0.0958. The third kappa shape index (κ3) is 8.86. The van der Waals surface area contributed by atoms with E-state index in [1.54, 1.807) is 19.1 Å². The number of benzene rings is 2. The molecule has 1 unspecified atom stereocenters. The second kappa shape index (κ2) is 15.6. The van der Waals surface area contributed by atoms with E-state index < -0.39 is 47.1 Å². The number of imide groups is 1. The first-order valence-electron chi connectivity index (χ1n) is 16.3. The smallest absolute Gasteiger partial charge is 0.387 e. The average Bonchev–Trinajstić information content (AvgIpc) is 3.91. The van der Waals surface area contributed by atoms with Crippen LogP contribution in [-0.4, -0.2) is 67.1 Å². The highest BCUT2D eigenvalue weighted by Crippen LogP contribution is 2.38. The van der Waals surface area contributed by atoms with Crippen LogP contribution in [0.1, 0.15) is 62.0 Å². The minimum Gasteiger partial charge on any atom is -0.489 e. The average molecular weight is 790 g/mol. The SMILES string of the molecule is Cc1cccnc1CN(c1ccc2c(c1)C(=O)N(CC(=O)OC(Cc1c(Cl)cncc1Cl)c1ccc(OC(F)F)c(OCC3CC3)c1)C2=O)S(C)(=O)=O. The molecule has 0 saturated heterocycles. The number of fused-ring (bicyclic) bond motifs is 1. The van der Waals surface area contributed by atoms with Gasteiger partial charge in [0.15, 0.2) is 11.5 Å². The van der Waals surface area contributed by atoms with Crippen molar-refractivity contribution >= 4 is 56.7 Å². The Morgan fingerprint density at radius 3 is 2.40 bits per heavy atom. The molecule has 17 heteroatoms. The van der Waals surface area contributed by atoms with Crippen molar-refractivity contribution in [1.82, 2.24) is 14.9 Å². The van der Waals surface area contributed by atoms with Crippen LogP contribution in [0, 0.1) is 12.8 Å². The first-order valence-corrected chi connectivity index (χ1v) is 18.9. The molecule has 0 radical (unpaired) electrons. The normalized spacial score (nSPS) is 14.7. The van der Waals surface area contributed by atoms with Gasteiger partial charge in [0.2, 0.25) is 10.0 Å². The molecule has 4 aromatic rings. The van der Waals surface area contributed by atoms with Crippen LogP contribution >= 0.6 is 23.2 Å². The number of halogens is 4. The number of anilines is 1. The molecule has 2 aliphatic rings. The monoisotopic (exact) mass is 788 g/mol. The van der Waals surface area contributed by atoms with Crippen molar-refractivity contribution < 1.29 is 45.8 Å². The number of hydrogen-bond acceptors (Lipinski definition) is 10. The topological polar surface area (TPSA) is 145 Å². The van der Waals surface area contributed by atoms with Gasteiger partial charge in [0.05, 0.1) is 52.0 Å². The van der Waals surface area contributed by atoms with E-state index in [1.165, 1.54) is 55.0 Å². The molecule has 1 fully saturated rings. The number of nitrogens with zero attached hydrogens (tertiary/aromatic N) is 4. The number of hydrogen-bond donors (Lipinski definition) is 0. The highest BCUT2D eigenvalue weighted by atomic mass is 35.5. The summed E-state index contributed by atoms with van der Waals surface area (Å²) < 4.78 is 69.5. The number of ether oxygens (including phenoxy) is 3. The summed E-state index contributed by atoms with van der Waals surface area (Å²) in [5, 5.41) is 0.331. The molecular weight excluding hydrogens is 757 g/mol. The van der Waals surface area contributed by atoms with Crippen LogP contribution in [0.3, 0.4) is 0 Å². The molecule has 2 amide bonds. The lowest BCUT2D eigenvalue weighted by atomic mass is 10.0. The van der Waals surface area contributed by atoms with Gasteiger partial charge in [-0.25, -0.2) is 8.42 Å². The van der Waals surface area contributed by atoms with Gasteiger partial charge < -0.3 is 14.2 Å². The van der Waals surface area contributed by atoms with Crippen LogP contribution in [0.5, 0.6) is 11.5 Å². The molecule has 53 heavy (non-hydrogen) atoms. The van der Waals surface area contributed by atoms with Gasteiger partial charge in [0, 0.05) is 25.0 Å². The van der Waals surface area contributed by atoms with Crippen molar-refractivity contribution in [3.63, 3.8) is 0 Å². The maximum atomic E-state index is 13.6. The minimum atomic E-state index is -3.87. The van der Waals surface area contributed by atoms with Gasteiger partial charge in [0.1, 0.15) is 12.6 Å². The summed E-state index contributed by atoms with van der Waals surface area (Å²) in [5.41, 5.74) is 1.88. The Balaban J connectivity index is 1.25. The Morgan fingerprint density at radius 2 is 1.74 bits per heavy atom. The summed E-state index contributed by atoms with van der Waals surface area (Å²) in [7, 11) is -3.87. The number of carbonyl (C=O) groups is 3. The molecule has 0 bridgehead atoms. The molecule has 3 heterocycles. The molecule has 0 spiro atoms. The Labute approximate surface area is 313 Å². The molecule has 1 saturated carbocycles. The number of aryl methyl sites for hydroxylation is 1. The molecule has 2 aromatic carbocycles. The number of esters is 1. The van der Waals surface area contributed by atoms with Crippen molar-refractivity contribution in [2.45, 2.75) is 45.4 Å². The van der Waals surface area contributed by atoms with E-state index >= 15 is 0 Å². The zero-order chi connectivity index (χ0) is 38.0. The van der Waals surface area contributed by atoms with E-state index in [1.807, 2.05) is 0 Å². The van der Waals surface area contributed by atoms with E-state index in [-0.39, 0.29) is 63.8 Å². The first-order chi connectivity index (χ1) is 25.2. The van der Waals surface area contributed by atoms with E-state index in [0.29, 0.717) is 21.7 Å². The fraction of sp³-hybridized carbons (Fsp3) is 0.306. The lowest BCUT2D eigenvalue weighted by Gasteiger charge is -2.23. The summed E-state index contributed by atoms with van der Waals surface area (Å²) in [6.07, 6.45) is 5.84. The van der Waals surface area contributed by atoms with Crippen molar-refractivity contribution in [3.8, 4) is 11.5 Å². The standard InChI is InChI=1S/C36H32Cl2F2N4O8S/c1-20-4-3-11-42-29(20)17-44(53(2,48)49)23-8-9-24-25(13-23)35(47)43(34(24)46)18-33(45)51-31(14-26-27(37)15-41-16-28(26)38)22-7-10-30(52-36(39)40)32(12-22)50-19-21-5-6-21/h3-4,7-13,15-16,21,31,36H,5-6,14,17-19H2,1-2H3. The summed E-state index contributed by atoms with van der Waals surface area (Å²) >= 11 is 12.8. The van der Waals surface area contributed by atoms with Crippen LogP contribution in [0.25, 0.3) is 0 Å². The molecule has 1 aliphatic carbocycles. The van der Waals surface area contributed by atoms with Gasteiger partial charge in [-0.05, 0) is 78.8 Å². The number of sulfonamides is 1. The van der Waals surface area contributed by atoms with Crippen molar-refractivity contribution in [2.75, 3.05) is 23.7 Å².